The highest BCUT2D eigenvalue weighted by Gasteiger charge is 2.16. The fourth-order valence-corrected chi connectivity index (χ4v) is 2.24. The summed E-state index contributed by atoms with van der Waals surface area (Å²) in [6.07, 6.45) is 3.47. The topological polar surface area (TPSA) is 36.4 Å². The number of unbranched alkanes of at least 4 members (excludes halogenated alkanes) is 1. The van der Waals surface area contributed by atoms with Crippen molar-refractivity contribution in [1.82, 2.24) is 4.98 Å². The van der Waals surface area contributed by atoms with Gasteiger partial charge in [0.15, 0.2) is 0 Å². The summed E-state index contributed by atoms with van der Waals surface area (Å²) in [5.74, 6) is 0.849. The number of hydrogen-bond acceptors (Lipinski definition) is 3. The SMILES string of the molecule is CCCCN(c1ccccc1)c1ncccc1C(C)O. The third-order valence-electron chi connectivity index (χ3n) is 3.33. The van der Waals surface area contributed by atoms with Crippen LogP contribution in [0.2, 0.25) is 0 Å². The molecule has 0 aliphatic heterocycles. The van der Waals surface area contributed by atoms with Crippen LogP contribution in [0, 0.1) is 0 Å². The number of hydrogen-bond donors (Lipinski definition) is 1. The van der Waals surface area contributed by atoms with Crippen LogP contribution in [-0.4, -0.2) is 16.6 Å². The van der Waals surface area contributed by atoms with Crippen molar-refractivity contribution in [3.63, 3.8) is 0 Å². The van der Waals surface area contributed by atoms with Crippen molar-refractivity contribution in [1.29, 1.82) is 0 Å². The Hall–Kier alpha value is -1.87. The summed E-state index contributed by atoms with van der Waals surface area (Å²) in [6.45, 7) is 4.86. The predicted octanol–water partition coefficient (Wildman–Crippen LogP) is 4.07. The number of anilines is 2. The van der Waals surface area contributed by atoms with Crippen LogP contribution in [0.15, 0.2) is 48.7 Å². The lowest BCUT2D eigenvalue weighted by Crippen LogP contribution is -2.21. The molecular formula is C17H22N2O. The number of benzene rings is 1. The maximum Gasteiger partial charge on any atom is 0.138 e. The molecule has 0 amide bonds. The maximum atomic E-state index is 9.96. The summed E-state index contributed by atoms with van der Waals surface area (Å²) in [5.41, 5.74) is 1.98. The zero-order chi connectivity index (χ0) is 14.4. The molecule has 1 heterocycles. The predicted molar refractivity (Wildman–Crippen MR) is 83.2 cm³/mol. The van der Waals surface area contributed by atoms with Gasteiger partial charge in [0.2, 0.25) is 0 Å². The van der Waals surface area contributed by atoms with Crippen molar-refractivity contribution in [2.75, 3.05) is 11.4 Å². The lowest BCUT2D eigenvalue weighted by atomic mass is 10.1. The Morgan fingerprint density at radius 2 is 1.90 bits per heavy atom. The Kier molecular flexibility index (Phi) is 5.13. The molecule has 3 heteroatoms. The van der Waals surface area contributed by atoms with E-state index in [4.69, 9.17) is 0 Å². The Bertz CT molecular complexity index is 526. The first-order valence-electron chi connectivity index (χ1n) is 7.19. The molecule has 0 aliphatic rings. The first-order chi connectivity index (χ1) is 9.74. The van der Waals surface area contributed by atoms with Gasteiger partial charge in [-0.05, 0) is 31.5 Å². The van der Waals surface area contributed by atoms with E-state index in [9.17, 15) is 5.11 Å². The molecule has 0 bridgehead atoms. The molecule has 1 atom stereocenters. The van der Waals surface area contributed by atoms with Crippen LogP contribution in [0.25, 0.3) is 0 Å². The van der Waals surface area contributed by atoms with Gasteiger partial charge in [-0.3, -0.25) is 0 Å². The smallest absolute Gasteiger partial charge is 0.138 e. The zero-order valence-electron chi connectivity index (χ0n) is 12.2. The number of para-hydroxylation sites is 1. The Balaban J connectivity index is 2.41. The van der Waals surface area contributed by atoms with Gasteiger partial charge in [0.25, 0.3) is 0 Å². The van der Waals surface area contributed by atoms with Crippen LogP contribution < -0.4 is 4.90 Å². The average Bonchev–Trinajstić information content (AvgIpc) is 2.49. The van der Waals surface area contributed by atoms with E-state index >= 15 is 0 Å². The number of aromatic nitrogens is 1. The Morgan fingerprint density at radius 1 is 1.15 bits per heavy atom. The monoisotopic (exact) mass is 270 g/mol. The molecular weight excluding hydrogens is 248 g/mol. The number of aliphatic hydroxyl groups excluding tert-OH is 1. The largest absolute Gasteiger partial charge is 0.389 e. The molecule has 3 nitrogen and oxygen atoms in total. The minimum absolute atomic E-state index is 0.522. The number of nitrogens with zero attached hydrogens (tertiary/aromatic N) is 2. The van der Waals surface area contributed by atoms with E-state index in [-0.39, 0.29) is 0 Å². The average molecular weight is 270 g/mol. The van der Waals surface area contributed by atoms with Crippen LogP contribution in [0.5, 0.6) is 0 Å². The lowest BCUT2D eigenvalue weighted by Gasteiger charge is -2.26. The highest BCUT2D eigenvalue weighted by molar-refractivity contribution is 5.63. The van der Waals surface area contributed by atoms with E-state index in [1.54, 1.807) is 13.1 Å². The molecule has 106 valence electrons. The van der Waals surface area contributed by atoms with Crippen molar-refractivity contribution in [2.45, 2.75) is 32.8 Å². The molecule has 1 aromatic carbocycles. The minimum Gasteiger partial charge on any atom is -0.389 e. The normalized spacial score (nSPS) is 12.2. The lowest BCUT2D eigenvalue weighted by molar-refractivity contribution is 0.199. The van der Waals surface area contributed by atoms with Crippen molar-refractivity contribution >= 4 is 11.5 Å². The first kappa shape index (κ1) is 14.5. The fourth-order valence-electron chi connectivity index (χ4n) is 2.24. The number of pyridine rings is 1. The fraction of sp³-hybridized carbons (Fsp3) is 0.353. The van der Waals surface area contributed by atoms with Crippen molar-refractivity contribution in [3.8, 4) is 0 Å². The molecule has 0 spiro atoms. The van der Waals surface area contributed by atoms with Crippen LogP contribution in [0.1, 0.15) is 38.4 Å². The van der Waals surface area contributed by atoms with Crippen LogP contribution in [0.3, 0.4) is 0 Å². The van der Waals surface area contributed by atoms with E-state index in [0.29, 0.717) is 0 Å². The summed E-state index contributed by atoms with van der Waals surface area (Å²) in [4.78, 5) is 6.68. The molecule has 2 rings (SSSR count). The second-order valence-corrected chi connectivity index (χ2v) is 4.93. The standard InChI is InChI=1S/C17H22N2O/c1-3-4-13-19(15-9-6-5-7-10-15)17-16(14(2)20)11-8-12-18-17/h5-12,14,20H,3-4,13H2,1-2H3. The Labute approximate surface area is 120 Å². The van der Waals surface area contributed by atoms with Gasteiger partial charge in [0.05, 0.1) is 6.10 Å². The molecule has 1 aromatic heterocycles. The van der Waals surface area contributed by atoms with Crippen molar-refractivity contribution in [3.05, 3.63) is 54.2 Å². The molecule has 0 radical (unpaired) electrons. The highest BCUT2D eigenvalue weighted by atomic mass is 16.3. The quantitative estimate of drug-likeness (QED) is 0.859. The van der Waals surface area contributed by atoms with E-state index in [2.05, 4.69) is 28.9 Å². The molecule has 0 saturated carbocycles. The summed E-state index contributed by atoms with van der Waals surface area (Å²) < 4.78 is 0. The van der Waals surface area contributed by atoms with Crippen molar-refractivity contribution in [2.24, 2.45) is 0 Å². The second kappa shape index (κ2) is 7.06. The van der Waals surface area contributed by atoms with E-state index < -0.39 is 6.10 Å². The van der Waals surface area contributed by atoms with E-state index in [1.807, 2.05) is 30.3 Å². The van der Waals surface area contributed by atoms with Gasteiger partial charge in [-0.25, -0.2) is 4.98 Å². The van der Waals surface area contributed by atoms with Gasteiger partial charge in [-0.15, -0.1) is 0 Å². The molecule has 0 saturated heterocycles. The summed E-state index contributed by atoms with van der Waals surface area (Å²) >= 11 is 0. The number of rotatable bonds is 6. The molecule has 1 unspecified atom stereocenters. The van der Waals surface area contributed by atoms with E-state index in [1.165, 1.54) is 0 Å². The molecule has 0 fully saturated rings. The maximum absolute atomic E-state index is 9.96. The highest BCUT2D eigenvalue weighted by Crippen LogP contribution is 2.30. The van der Waals surface area contributed by atoms with Gasteiger partial charge in [0, 0.05) is 24.0 Å². The summed E-state index contributed by atoms with van der Waals surface area (Å²) in [7, 11) is 0. The van der Waals surface area contributed by atoms with E-state index in [0.717, 1.165) is 36.5 Å². The van der Waals surface area contributed by atoms with Gasteiger partial charge >= 0.3 is 0 Å². The minimum atomic E-state index is -0.522. The third-order valence-corrected chi connectivity index (χ3v) is 3.33. The summed E-state index contributed by atoms with van der Waals surface area (Å²) in [5, 5.41) is 9.96. The number of aliphatic hydroxyl groups is 1. The molecule has 1 N–H and O–H groups in total. The van der Waals surface area contributed by atoms with Crippen LogP contribution in [0.4, 0.5) is 11.5 Å². The summed E-state index contributed by atoms with van der Waals surface area (Å²) in [6, 6.07) is 14.0. The zero-order valence-corrected chi connectivity index (χ0v) is 12.2. The third kappa shape index (κ3) is 3.36. The van der Waals surface area contributed by atoms with Crippen LogP contribution in [-0.2, 0) is 0 Å². The second-order valence-electron chi connectivity index (χ2n) is 4.93. The van der Waals surface area contributed by atoms with Crippen LogP contribution >= 0.6 is 0 Å². The molecule has 20 heavy (non-hydrogen) atoms. The molecule has 0 aliphatic carbocycles. The van der Waals surface area contributed by atoms with Crippen molar-refractivity contribution < 1.29 is 5.11 Å². The van der Waals surface area contributed by atoms with Gasteiger partial charge in [-0.2, -0.15) is 0 Å². The van der Waals surface area contributed by atoms with Gasteiger partial charge in [0.1, 0.15) is 5.82 Å². The van der Waals surface area contributed by atoms with Gasteiger partial charge < -0.3 is 10.0 Å². The first-order valence-corrected chi connectivity index (χ1v) is 7.19. The Morgan fingerprint density at radius 3 is 2.55 bits per heavy atom. The molecule has 2 aromatic rings. The van der Waals surface area contributed by atoms with Gasteiger partial charge in [-0.1, -0.05) is 37.6 Å².